The molecule has 0 bridgehead atoms. The van der Waals surface area contributed by atoms with E-state index in [0.29, 0.717) is 42.8 Å². The van der Waals surface area contributed by atoms with Gasteiger partial charge in [-0.25, -0.2) is 14.4 Å². The lowest BCUT2D eigenvalue weighted by Gasteiger charge is -2.33. The van der Waals surface area contributed by atoms with Crippen LogP contribution < -0.4 is 38.8 Å². The average molecular weight is 1050 g/mol. The summed E-state index contributed by atoms with van der Waals surface area (Å²) in [4.78, 5) is 29.8. The van der Waals surface area contributed by atoms with E-state index in [-0.39, 0.29) is 84.8 Å². The first-order valence-corrected chi connectivity index (χ1v) is 25.1. The van der Waals surface area contributed by atoms with Crippen molar-refractivity contribution in [3.05, 3.63) is 136 Å². The Balaban J connectivity index is 1.11. The van der Waals surface area contributed by atoms with Gasteiger partial charge in [0.2, 0.25) is 0 Å². The monoisotopic (exact) mass is 1050 g/mol. The first-order chi connectivity index (χ1) is 36.3. The molecule has 392 valence electrons. The minimum absolute atomic E-state index is 0.00107. The minimum atomic E-state index is -5.01. The third-order valence-electron chi connectivity index (χ3n) is 14.1. The number of anilines is 3. The number of morpholine rings is 1. The molecule has 0 aliphatic carbocycles. The second kappa shape index (κ2) is 21.9. The molecule has 75 heavy (non-hydrogen) atoms. The van der Waals surface area contributed by atoms with Crippen molar-refractivity contribution in [2.45, 2.75) is 70.6 Å². The lowest BCUT2D eigenvalue weighted by molar-refractivity contribution is -0.137. The van der Waals surface area contributed by atoms with Gasteiger partial charge in [0.15, 0.2) is 11.6 Å². The Hall–Kier alpha value is -7.22. The van der Waals surface area contributed by atoms with E-state index in [1.165, 1.54) is 13.0 Å². The van der Waals surface area contributed by atoms with Crippen molar-refractivity contribution < 1.29 is 46.0 Å². The van der Waals surface area contributed by atoms with Crippen LogP contribution >= 0.6 is 11.6 Å². The largest absolute Gasteiger partial charge is 0.497 e. The third-order valence-corrected chi connectivity index (χ3v) is 14.5. The van der Waals surface area contributed by atoms with Gasteiger partial charge in [-0.1, -0.05) is 48.0 Å². The summed E-state index contributed by atoms with van der Waals surface area (Å²) < 4.78 is 100.0. The predicted octanol–water partition coefficient (Wildman–Crippen LogP) is 10.6. The summed E-state index contributed by atoms with van der Waals surface area (Å²) >= 11 is 7.30. The molecule has 0 spiro atoms. The number of halogens is 5. The fourth-order valence-electron chi connectivity index (χ4n) is 10.2. The Morgan fingerprint density at radius 2 is 1.47 bits per heavy atom. The summed E-state index contributed by atoms with van der Waals surface area (Å²) in [6.45, 7) is 6.28. The Bertz CT molecular complexity index is 3110. The smallest absolute Gasteiger partial charge is 0.418 e. The van der Waals surface area contributed by atoms with E-state index in [4.69, 9.17) is 55.0 Å². The molecule has 6 heterocycles. The predicted molar refractivity (Wildman–Crippen MR) is 277 cm³/mol. The van der Waals surface area contributed by atoms with E-state index >= 15 is 17.6 Å². The van der Waals surface area contributed by atoms with Gasteiger partial charge in [0, 0.05) is 50.7 Å². The van der Waals surface area contributed by atoms with Crippen molar-refractivity contribution in [2.75, 3.05) is 76.0 Å². The number of fused-ring (bicyclic) bond motifs is 1. The molecule has 3 aliphatic rings. The number of nitrogens with zero attached hydrogens (tertiary/aromatic N) is 8. The highest BCUT2D eigenvalue weighted by molar-refractivity contribution is 6.36. The molecule has 15 nitrogen and oxygen atoms in total. The van der Waals surface area contributed by atoms with Gasteiger partial charge in [-0.05, 0) is 91.4 Å². The number of methoxy groups -OCH3 is 3. The van der Waals surface area contributed by atoms with Crippen LogP contribution in [0.15, 0.2) is 91.3 Å². The van der Waals surface area contributed by atoms with Gasteiger partial charge < -0.3 is 43.5 Å². The van der Waals surface area contributed by atoms with Gasteiger partial charge in [0.25, 0.3) is 0 Å². The number of ether oxygens (including phenoxy) is 6. The van der Waals surface area contributed by atoms with Crippen LogP contribution in [0.3, 0.4) is 0 Å². The molecule has 0 unspecified atom stereocenters. The highest BCUT2D eigenvalue weighted by atomic mass is 35.5. The maximum atomic E-state index is 18.3. The van der Waals surface area contributed by atoms with Gasteiger partial charge in [-0.15, -0.1) is 0 Å². The summed E-state index contributed by atoms with van der Waals surface area (Å²) in [5.74, 6) is 1.53. The number of hydrogen-bond acceptors (Lipinski definition) is 15. The molecule has 0 amide bonds. The van der Waals surface area contributed by atoms with Crippen molar-refractivity contribution in [2.24, 2.45) is 0 Å². The minimum Gasteiger partial charge on any atom is -0.497 e. The Labute approximate surface area is 436 Å². The van der Waals surface area contributed by atoms with Crippen LogP contribution in [0, 0.1) is 12.7 Å². The van der Waals surface area contributed by atoms with E-state index in [1.807, 2.05) is 65.3 Å². The molecule has 3 atom stereocenters. The number of pyridine rings is 1. The molecule has 0 saturated carbocycles. The highest BCUT2D eigenvalue weighted by Gasteiger charge is 2.41. The van der Waals surface area contributed by atoms with Crippen molar-refractivity contribution in [3.8, 4) is 40.3 Å². The standard InChI is InChI=1S/C55H56ClF4N9O6/c1-32-26-42(67(28-35-8-16-40(71-4)17-9-35)29-36-10-18-41(72-5)19-11-36)64-49(45(32)55(58,59)60)43-46(56)51-44-50(47(43)57)65-54(75-31-38-13-12-37-30-73-24-22-69(37)38)66-53(44)68(23-25-74-51)33(2)48-52(62-21-20-61-48)63-27-34-6-14-39(70-3)15-7-34/h6-11,14-21,26,33,37-38H,12-13,22-25,27-31H2,1-5H3,(H,62,63)/t33-,37+,38+/m1/s1. The first kappa shape index (κ1) is 51.3. The average Bonchev–Trinajstić information content (AvgIpc) is 3.74. The third kappa shape index (κ3) is 10.7. The number of alkyl halides is 3. The van der Waals surface area contributed by atoms with Crippen molar-refractivity contribution in [1.29, 1.82) is 0 Å². The maximum absolute atomic E-state index is 18.3. The summed E-state index contributed by atoms with van der Waals surface area (Å²) in [5.41, 5.74) is 0.0398. The summed E-state index contributed by atoms with van der Waals surface area (Å²) in [6.07, 6.45) is -0.0989. The fraction of sp³-hybridized carbons (Fsp3) is 0.364. The summed E-state index contributed by atoms with van der Waals surface area (Å²) in [6, 6.07) is 23.1. The van der Waals surface area contributed by atoms with Crippen LogP contribution in [0.25, 0.3) is 22.2 Å². The van der Waals surface area contributed by atoms with Gasteiger partial charge in [-0.3, -0.25) is 9.88 Å². The number of rotatable bonds is 17. The first-order valence-electron chi connectivity index (χ1n) is 24.7. The van der Waals surface area contributed by atoms with Crippen LogP contribution in [0.5, 0.6) is 29.0 Å². The Morgan fingerprint density at radius 1 is 0.827 bits per heavy atom. The van der Waals surface area contributed by atoms with Crippen LogP contribution in [0.1, 0.15) is 59.3 Å². The number of aryl methyl sites for hydroxylation is 1. The molecule has 7 aromatic rings. The van der Waals surface area contributed by atoms with Gasteiger partial charge in [0.05, 0.1) is 74.4 Å². The summed E-state index contributed by atoms with van der Waals surface area (Å²) in [7, 11) is 4.73. The SMILES string of the molecule is COc1ccc(CNc2nccnc2[C@@H](C)N2CCOc3c(Cl)c(-c4nc(N(Cc5ccc(OC)cc5)Cc5ccc(OC)cc5)cc(C)c4C(F)(F)F)c(F)c4nc(OC[C@@H]5CC[C@H]6COCCN65)nc2c34)cc1. The molecule has 10 rings (SSSR count). The van der Waals surface area contributed by atoms with E-state index in [1.54, 1.807) is 58.0 Å². The second-order valence-corrected chi connectivity index (χ2v) is 19.1. The number of aromatic nitrogens is 5. The van der Waals surface area contributed by atoms with E-state index in [9.17, 15) is 0 Å². The molecule has 20 heteroatoms. The van der Waals surface area contributed by atoms with Gasteiger partial charge >= 0.3 is 12.2 Å². The lowest BCUT2D eigenvalue weighted by atomic mass is 9.98. The molecule has 2 saturated heterocycles. The zero-order valence-electron chi connectivity index (χ0n) is 42.1. The van der Waals surface area contributed by atoms with Gasteiger partial charge in [0.1, 0.15) is 59.1 Å². The van der Waals surface area contributed by atoms with Crippen LogP contribution in [0.2, 0.25) is 5.02 Å². The van der Waals surface area contributed by atoms with Crippen molar-refractivity contribution in [1.82, 2.24) is 29.8 Å². The Morgan fingerprint density at radius 3 is 2.11 bits per heavy atom. The number of hydrogen-bond donors (Lipinski definition) is 1. The highest BCUT2D eigenvalue weighted by Crippen LogP contribution is 2.51. The zero-order chi connectivity index (χ0) is 52.4. The molecule has 2 fully saturated rings. The second-order valence-electron chi connectivity index (χ2n) is 18.7. The van der Waals surface area contributed by atoms with Gasteiger partial charge in [-0.2, -0.15) is 23.1 Å². The molecule has 3 aliphatic heterocycles. The number of nitrogens with one attached hydrogen (secondary N) is 1. The molecule has 0 radical (unpaired) electrons. The van der Waals surface area contributed by atoms with Crippen LogP contribution in [-0.2, 0) is 30.5 Å². The number of benzene rings is 4. The fourth-order valence-corrected chi connectivity index (χ4v) is 10.5. The van der Waals surface area contributed by atoms with E-state index in [2.05, 4.69) is 20.2 Å². The normalized spacial score (nSPS) is 17.0. The molecular weight excluding hydrogens is 994 g/mol. The molecule has 3 aromatic heterocycles. The van der Waals surface area contributed by atoms with Crippen molar-refractivity contribution >= 4 is 40.0 Å². The van der Waals surface area contributed by atoms with Crippen LogP contribution in [0.4, 0.5) is 35.0 Å². The quantitative estimate of drug-likeness (QED) is 0.0864. The summed E-state index contributed by atoms with van der Waals surface area (Å²) in [5, 5.41) is 3.03. The lowest BCUT2D eigenvalue weighted by Crippen LogP contribution is -2.46. The molecule has 1 N–H and O–H groups in total. The topological polar surface area (TPSA) is 142 Å². The van der Waals surface area contributed by atoms with E-state index in [0.717, 1.165) is 41.8 Å². The van der Waals surface area contributed by atoms with Crippen LogP contribution in [-0.4, -0.2) is 103 Å². The van der Waals surface area contributed by atoms with Crippen molar-refractivity contribution in [3.63, 3.8) is 0 Å². The molecule has 4 aromatic carbocycles. The molecular formula is C55H56ClF4N9O6. The maximum Gasteiger partial charge on any atom is 0.418 e. The van der Waals surface area contributed by atoms with E-state index < -0.39 is 39.9 Å². The Kier molecular flexibility index (Phi) is 15.0. The zero-order valence-corrected chi connectivity index (χ0v) is 42.8.